The Hall–Kier alpha value is -2.12. The van der Waals surface area contributed by atoms with E-state index in [0.717, 1.165) is 16.9 Å². The van der Waals surface area contributed by atoms with Gasteiger partial charge in [-0.2, -0.15) is 5.26 Å². The smallest absolute Gasteiger partial charge is 0.0994 e. The van der Waals surface area contributed by atoms with E-state index >= 15 is 0 Å². The SMILES string of the molecule is Cc1ccc(C#N)cc1-n1cncc1C(C)N. The van der Waals surface area contributed by atoms with Crippen LogP contribution in [-0.2, 0) is 0 Å². The van der Waals surface area contributed by atoms with Gasteiger partial charge in [-0.3, -0.25) is 0 Å². The summed E-state index contributed by atoms with van der Waals surface area (Å²) >= 11 is 0. The van der Waals surface area contributed by atoms with E-state index in [1.54, 1.807) is 18.6 Å². The third-order valence-corrected chi connectivity index (χ3v) is 2.73. The van der Waals surface area contributed by atoms with E-state index < -0.39 is 0 Å². The van der Waals surface area contributed by atoms with Crippen LogP contribution in [0.4, 0.5) is 0 Å². The summed E-state index contributed by atoms with van der Waals surface area (Å²) in [6.45, 7) is 3.92. The third-order valence-electron chi connectivity index (χ3n) is 2.73. The molecule has 0 fully saturated rings. The first kappa shape index (κ1) is 11.4. The van der Waals surface area contributed by atoms with Crippen LogP contribution in [0.3, 0.4) is 0 Å². The fraction of sp³-hybridized carbons (Fsp3) is 0.231. The maximum atomic E-state index is 8.93. The number of hydrogen-bond donors (Lipinski definition) is 1. The first-order chi connectivity index (χ1) is 8.13. The van der Waals surface area contributed by atoms with Gasteiger partial charge in [-0.15, -0.1) is 0 Å². The maximum Gasteiger partial charge on any atom is 0.0994 e. The molecular formula is C13H14N4. The molecule has 2 N–H and O–H groups in total. The van der Waals surface area contributed by atoms with Crippen LogP contribution in [0.1, 0.15) is 29.8 Å². The second kappa shape index (κ2) is 4.40. The maximum absolute atomic E-state index is 8.93. The lowest BCUT2D eigenvalue weighted by Gasteiger charge is -2.13. The minimum absolute atomic E-state index is 0.0948. The molecule has 2 rings (SSSR count). The van der Waals surface area contributed by atoms with E-state index in [1.807, 2.05) is 30.5 Å². The standard InChI is InChI=1S/C13H14N4/c1-9-3-4-11(6-14)5-12(9)17-8-16-7-13(17)10(2)15/h3-5,7-8,10H,15H2,1-2H3. The van der Waals surface area contributed by atoms with Crippen LogP contribution in [0, 0.1) is 18.3 Å². The molecule has 1 unspecified atom stereocenters. The zero-order chi connectivity index (χ0) is 12.4. The topological polar surface area (TPSA) is 67.6 Å². The number of imidazole rings is 1. The molecule has 4 heteroatoms. The molecule has 0 saturated carbocycles. The molecule has 0 spiro atoms. The fourth-order valence-corrected chi connectivity index (χ4v) is 1.78. The number of benzene rings is 1. The van der Waals surface area contributed by atoms with Gasteiger partial charge in [0.05, 0.1) is 35.5 Å². The molecule has 1 atom stereocenters. The first-order valence-electron chi connectivity index (χ1n) is 5.42. The number of hydrogen-bond acceptors (Lipinski definition) is 3. The van der Waals surface area contributed by atoms with Crippen molar-refractivity contribution in [3.05, 3.63) is 47.5 Å². The summed E-state index contributed by atoms with van der Waals surface area (Å²) in [6, 6.07) is 7.63. The molecule has 1 heterocycles. The summed E-state index contributed by atoms with van der Waals surface area (Å²) in [7, 11) is 0. The number of nitrogens with two attached hydrogens (primary N) is 1. The van der Waals surface area contributed by atoms with Gasteiger partial charge in [-0.05, 0) is 31.5 Å². The molecule has 4 nitrogen and oxygen atoms in total. The van der Waals surface area contributed by atoms with Crippen LogP contribution in [0.2, 0.25) is 0 Å². The molecule has 0 aliphatic heterocycles. The van der Waals surface area contributed by atoms with Crippen molar-refractivity contribution in [2.24, 2.45) is 5.73 Å². The fourth-order valence-electron chi connectivity index (χ4n) is 1.78. The monoisotopic (exact) mass is 226 g/mol. The van der Waals surface area contributed by atoms with Crippen LogP contribution in [-0.4, -0.2) is 9.55 Å². The van der Waals surface area contributed by atoms with Crippen molar-refractivity contribution < 1.29 is 0 Å². The molecule has 1 aromatic heterocycles. The van der Waals surface area contributed by atoms with Gasteiger partial charge in [0.2, 0.25) is 0 Å². The number of nitriles is 1. The third kappa shape index (κ3) is 2.05. The summed E-state index contributed by atoms with van der Waals surface area (Å²) in [6.07, 6.45) is 3.48. The average Bonchev–Trinajstić information content (AvgIpc) is 2.78. The number of aromatic nitrogens is 2. The van der Waals surface area contributed by atoms with Crippen molar-refractivity contribution >= 4 is 0 Å². The van der Waals surface area contributed by atoms with E-state index in [-0.39, 0.29) is 6.04 Å². The van der Waals surface area contributed by atoms with E-state index in [2.05, 4.69) is 11.1 Å². The molecule has 0 amide bonds. The average molecular weight is 226 g/mol. The zero-order valence-electron chi connectivity index (χ0n) is 9.88. The molecule has 1 aromatic carbocycles. The van der Waals surface area contributed by atoms with Gasteiger partial charge < -0.3 is 10.3 Å². The number of rotatable bonds is 2. The first-order valence-corrected chi connectivity index (χ1v) is 5.42. The summed E-state index contributed by atoms with van der Waals surface area (Å²) in [5.41, 5.74) is 9.50. The van der Waals surface area contributed by atoms with E-state index in [1.165, 1.54) is 0 Å². The number of aryl methyl sites for hydroxylation is 1. The summed E-state index contributed by atoms with van der Waals surface area (Å²) in [5.74, 6) is 0. The van der Waals surface area contributed by atoms with Gasteiger partial charge in [0.25, 0.3) is 0 Å². The second-order valence-corrected chi connectivity index (χ2v) is 4.09. The molecule has 0 aliphatic carbocycles. The van der Waals surface area contributed by atoms with Crippen LogP contribution < -0.4 is 5.73 Å². The Morgan fingerprint density at radius 1 is 1.47 bits per heavy atom. The largest absolute Gasteiger partial charge is 0.323 e. The van der Waals surface area contributed by atoms with Crippen molar-refractivity contribution in [2.45, 2.75) is 19.9 Å². The predicted molar refractivity (Wildman–Crippen MR) is 65.6 cm³/mol. The van der Waals surface area contributed by atoms with Gasteiger partial charge in [-0.1, -0.05) is 6.07 Å². The van der Waals surface area contributed by atoms with Gasteiger partial charge in [0.1, 0.15) is 0 Å². The molecule has 2 aromatic rings. The van der Waals surface area contributed by atoms with Crippen molar-refractivity contribution in [2.75, 3.05) is 0 Å². The van der Waals surface area contributed by atoms with E-state index in [4.69, 9.17) is 11.0 Å². The molecule has 17 heavy (non-hydrogen) atoms. The minimum atomic E-state index is -0.0948. The van der Waals surface area contributed by atoms with Crippen LogP contribution in [0.15, 0.2) is 30.7 Å². The van der Waals surface area contributed by atoms with Crippen molar-refractivity contribution in [1.82, 2.24) is 9.55 Å². The molecular weight excluding hydrogens is 212 g/mol. The Kier molecular flexibility index (Phi) is 2.94. The molecule has 0 bridgehead atoms. The van der Waals surface area contributed by atoms with Gasteiger partial charge in [0, 0.05) is 6.04 Å². The molecule has 0 radical (unpaired) electrons. The highest BCUT2D eigenvalue weighted by atomic mass is 15.1. The highest BCUT2D eigenvalue weighted by Gasteiger charge is 2.10. The minimum Gasteiger partial charge on any atom is -0.323 e. The lowest BCUT2D eigenvalue weighted by atomic mass is 10.1. The van der Waals surface area contributed by atoms with Crippen LogP contribution in [0.5, 0.6) is 0 Å². The molecule has 0 aliphatic rings. The van der Waals surface area contributed by atoms with Gasteiger partial charge >= 0.3 is 0 Å². The Balaban J connectivity index is 2.60. The Labute approximate surface area is 100 Å². The van der Waals surface area contributed by atoms with Crippen LogP contribution >= 0.6 is 0 Å². The lowest BCUT2D eigenvalue weighted by molar-refractivity contribution is 0.751. The van der Waals surface area contributed by atoms with Crippen LogP contribution in [0.25, 0.3) is 5.69 Å². The van der Waals surface area contributed by atoms with Crippen molar-refractivity contribution in [1.29, 1.82) is 5.26 Å². The quantitative estimate of drug-likeness (QED) is 0.852. The Morgan fingerprint density at radius 3 is 2.88 bits per heavy atom. The highest BCUT2D eigenvalue weighted by Crippen LogP contribution is 2.20. The van der Waals surface area contributed by atoms with Crippen molar-refractivity contribution in [3.8, 4) is 11.8 Å². The molecule has 86 valence electrons. The van der Waals surface area contributed by atoms with Gasteiger partial charge in [-0.25, -0.2) is 4.98 Å². The Morgan fingerprint density at radius 2 is 2.24 bits per heavy atom. The zero-order valence-corrected chi connectivity index (χ0v) is 9.88. The van der Waals surface area contributed by atoms with E-state index in [9.17, 15) is 0 Å². The Bertz CT molecular complexity index is 575. The number of nitrogens with zero attached hydrogens (tertiary/aromatic N) is 3. The van der Waals surface area contributed by atoms with E-state index in [0.29, 0.717) is 5.56 Å². The lowest BCUT2D eigenvalue weighted by Crippen LogP contribution is -2.11. The molecule has 0 saturated heterocycles. The normalized spacial score (nSPS) is 12.1. The second-order valence-electron chi connectivity index (χ2n) is 4.09. The summed E-state index contributed by atoms with van der Waals surface area (Å²) < 4.78 is 1.93. The predicted octanol–water partition coefficient (Wildman–Crippen LogP) is 2.07. The summed E-state index contributed by atoms with van der Waals surface area (Å²) in [4.78, 5) is 4.12. The van der Waals surface area contributed by atoms with Crippen molar-refractivity contribution in [3.63, 3.8) is 0 Å². The highest BCUT2D eigenvalue weighted by molar-refractivity contribution is 5.48. The summed E-state index contributed by atoms with van der Waals surface area (Å²) in [5, 5.41) is 8.93. The van der Waals surface area contributed by atoms with Gasteiger partial charge in [0.15, 0.2) is 0 Å².